The van der Waals surface area contributed by atoms with Gasteiger partial charge in [0.05, 0.1) is 24.4 Å². The molecule has 3 heterocycles. The van der Waals surface area contributed by atoms with Gasteiger partial charge in [0, 0.05) is 29.8 Å². The van der Waals surface area contributed by atoms with Crippen molar-refractivity contribution in [2.24, 2.45) is 0 Å². The first-order chi connectivity index (χ1) is 14.0. The number of thiocarbonyl (C=S) groups is 1. The van der Waals surface area contributed by atoms with Gasteiger partial charge in [-0.1, -0.05) is 6.07 Å². The third-order valence-electron chi connectivity index (χ3n) is 5.41. The monoisotopic (exact) mass is 410 g/mol. The van der Waals surface area contributed by atoms with E-state index in [1.54, 1.807) is 18.3 Å². The molecule has 0 radical (unpaired) electrons. The lowest BCUT2D eigenvalue weighted by molar-refractivity contribution is 0.223. The minimum absolute atomic E-state index is 0.00393. The van der Waals surface area contributed by atoms with Crippen molar-refractivity contribution in [3.8, 4) is 5.69 Å². The summed E-state index contributed by atoms with van der Waals surface area (Å²) >= 11 is 5.58. The number of nitrogens with zero attached hydrogens (tertiary/aromatic N) is 3. The standard InChI is InChI=1S/C22H23FN4OS/c1-14-13-18(15(2)27(14)17-8-6-16(23)7-9-17)21-20(19-5-3-4-10-24-19)25-22(29)26(21)11-12-28/h3-10,13,20-21,28H,11-12H2,1-2H3,(H,25,29)/t20-,21+/m1/s1. The Hall–Kier alpha value is -2.77. The van der Waals surface area contributed by atoms with Crippen LogP contribution in [0, 0.1) is 19.7 Å². The van der Waals surface area contributed by atoms with E-state index in [0.29, 0.717) is 11.7 Å². The number of hydrogen-bond donors (Lipinski definition) is 2. The number of aliphatic hydroxyl groups is 1. The molecule has 4 rings (SSSR count). The van der Waals surface area contributed by atoms with Crippen LogP contribution in [0.2, 0.25) is 0 Å². The van der Waals surface area contributed by atoms with Crippen molar-refractivity contribution >= 4 is 17.3 Å². The molecular formula is C22H23FN4OS. The Kier molecular flexibility index (Phi) is 5.34. The summed E-state index contributed by atoms with van der Waals surface area (Å²) in [6.45, 7) is 4.52. The van der Waals surface area contributed by atoms with Crippen LogP contribution in [-0.4, -0.2) is 37.8 Å². The Morgan fingerprint density at radius 1 is 1.17 bits per heavy atom. The lowest BCUT2D eigenvalue weighted by Crippen LogP contribution is -2.32. The zero-order chi connectivity index (χ0) is 20.5. The first-order valence-corrected chi connectivity index (χ1v) is 9.95. The molecule has 0 aliphatic carbocycles. The number of aromatic nitrogens is 2. The summed E-state index contributed by atoms with van der Waals surface area (Å²) in [5.41, 5.74) is 5.00. The predicted octanol–water partition coefficient (Wildman–Crippen LogP) is 3.59. The number of rotatable bonds is 5. The number of pyridine rings is 1. The molecule has 0 bridgehead atoms. The van der Waals surface area contributed by atoms with Crippen LogP contribution < -0.4 is 5.32 Å². The van der Waals surface area contributed by atoms with Gasteiger partial charge in [0.2, 0.25) is 0 Å². The molecule has 1 fully saturated rings. The molecule has 2 aromatic heterocycles. The van der Waals surface area contributed by atoms with Gasteiger partial charge in [0.25, 0.3) is 0 Å². The molecule has 0 saturated carbocycles. The molecule has 5 nitrogen and oxygen atoms in total. The van der Waals surface area contributed by atoms with Crippen LogP contribution in [0.5, 0.6) is 0 Å². The van der Waals surface area contributed by atoms with Crippen molar-refractivity contribution in [3.63, 3.8) is 0 Å². The number of hydrogen-bond acceptors (Lipinski definition) is 3. The highest BCUT2D eigenvalue weighted by Gasteiger charge is 2.41. The van der Waals surface area contributed by atoms with E-state index < -0.39 is 0 Å². The average molecular weight is 411 g/mol. The molecule has 2 atom stereocenters. The van der Waals surface area contributed by atoms with Crippen LogP contribution in [0.15, 0.2) is 54.7 Å². The first kappa shape index (κ1) is 19.5. The van der Waals surface area contributed by atoms with Crippen LogP contribution in [0.25, 0.3) is 5.69 Å². The molecule has 150 valence electrons. The van der Waals surface area contributed by atoms with Crippen molar-refractivity contribution in [1.29, 1.82) is 0 Å². The Bertz CT molecular complexity index is 1020. The molecule has 1 saturated heterocycles. The maximum Gasteiger partial charge on any atom is 0.170 e. The molecule has 1 aromatic carbocycles. The van der Waals surface area contributed by atoms with Gasteiger partial charge in [0.15, 0.2) is 5.11 Å². The van der Waals surface area contributed by atoms with E-state index >= 15 is 0 Å². The van der Waals surface area contributed by atoms with Gasteiger partial charge in [-0.05, 0) is 74.1 Å². The smallest absolute Gasteiger partial charge is 0.170 e. The fourth-order valence-corrected chi connectivity index (χ4v) is 4.50. The molecule has 1 aliphatic heterocycles. The van der Waals surface area contributed by atoms with Gasteiger partial charge in [-0.2, -0.15) is 0 Å². The SMILES string of the molecule is Cc1cc([C@H]2[C@@H](c3ccccn3)NC(=S)N2CCO)c(C)n1-c1ccc(F)cc1. The second-order valence-electron chi connectivity index (χ2n) is 7.18. The lowest BCUT2D eigenvalue weighted by atomic mass is 9.97. The Morgan fingerprint density at radius 3 is 2.59 bits per heavy atom. The highest BCUT2D eigenvalue weighted by Crippen LogP contribution is 2.41. The average Bonchev–Trinajstić information content (AvgIpc) is 3.20. The third kappa shape index (κ3) is 3.52. The minimum atomic E-state index is -0.258. The third-order valence-corrected chi connectivity index (χ3v) is 5.76. The van der Waals surface area contributed by atoms with E-state index in [2.05, 4.69) is 27.9 Å². The van der Waals surface area contributed by atoms with Crippen molar-refractivity contribution in [2.75, 3.05) is 13.2 Å². The predicted molar refractivity (Wildman–Crippen MR) is 114 cm³/mol. The van der Waals surface area contributed by atoms with Gasteiger partial charge in [-0.3, -0.25) is 4.98 Å². The summed E-state index contributed by atoms with van der Waals surface area (Å²) < 4.78 is 15.5. The number of halogens is 1. The molecule has 3 aromatic rings. The maximum absolute atomic E-state index is 13.4. The van der Waals surface area contributed by atoms with Crippen LogP contribution in [0.1, 0.15) is 34.7 Å². The second-order valence-corrected chi connectivity index (χ2v) is 7.57. The molecule has 29 heavy (non-hydrogen) atoms. The molecule has 2 N–H and O–H groups in total. The highest BCUT2D eigenvalue weighted by atomic mass is 32.1. The zero-order valence-corrected chi connectivity index (χ0v) is 17.2. The largest absolute Gasteiger partial charge is 0.395 e. The summed E-state index contributed by atoms with van der Waals surface area (Å²) in [5.74, 6) is -0.258. The van der Waals surface area contributed by atoms with Crippen LogP contribution in [-0.2, 0) is 0 Å². The summed E-state index contributed by atoms with van der Waals surface area (Å²) in [4.78, 5) is 6.55. The summed E-state index contributed by atoms with van der Waals surface area (Å²) in [6, 6.07) is 14.2. The molecule has 0 spiro atoms. The molecule has 7 heteroatoms. The van der Waals surface area contributed by atoms with Crippen molar-refractivity contribution in [1.82, 2.24) is 19.8 Å². The van der Waals surface area contributed by atoms with Gasteiger partial charge in [0.1, 0.15) is 5.82 Å². The van der Waals surface area contributed by atoms with Gasteiger partial charge >= 0.3 is 0 Å². The highest BCUT2D eigenvalue weighted by molar-refractivity contribution is 7.80. The Labute approximate surface area is 174 Å². The van der Waals surface area contributed by atoms with E-state index in [0.717, 1.165) is 28.3 Å². The van der Waals surface area contributed by atoms with Crippen molar-refractivity contribution in [2.45, 2.75) is 25.9 Å². The van der Waals surface area contributed by atoms with Crippen molar-refractivity contribution in [3.05, 3.63) is 83.2 Å². The quantitative estimate of drug-likeness (QED) is 0.630. The molecular weight excluding hydrogens is 387 g/mol. The Balaban J connectivity index is 1.82. The number of β-amino-alcohol motifs (C(OH)–C–C–N with tert-alkyl or cyclic N) is 1. The zero-order valence-electron chi connectivity index (χ0n) is 16.3. The number of benzene rings is 1. The fourth-order valence-electron chi connectivity index (χ4n) is 4.17. The summed E-state index contributed by atoms with van der Waals surface area (Å²) in [7, 11) is 0. The number of aryl methyl sites for hydroxylation is 1. The van der Waals surface area contributed by atoms with E-state index in [1.807, 2.05) is 30.0 Å². The number of aliphatic hydroxyl groups excluding tert-OH is 1. The van der Waals surface area contributed by atoms with E-state index in [9.17, 15) is 9.50 Å². The first-order valence-electron chi connectivity index (χ1n) is 9.55. The lowest BCUT2D eigenvalue weighted by Gasteiger charge is -2.27. The van der Waals surface area contributed by atoms with Gasteiger partial charge in [-0.25, -0.2) is 4.39 Å². The summed E-state index contributed by atoms with van der Waals surface area (Å²) in [5, 5.41) is 13.6. The van der Waals surface area contributed by atoms with E-state index in [4.69, 9.17) is 12.2 Å². The van der Waals surface area contributed by atoms with Crippen LogP contribution >= 0.6 is 12.2 Å². The fraction of sp³-hybridized carbons (Fsp3) is 0.273. The minimum Gasteiger partial charge on any atom is -0.395 e. The van der Waals surface area contributed by atoms with Gasteiger partial charge in [-0.15, -0.1) is 0 Å². The number of nitrogens with one attached hydrogen (secondary N) is 1. The molecule has 1 aliphatic rings. The normalized spacial score (nSPS) is 18.9. The Morgan fingerprint density at radius 2 is 1.93 bits per heavy atom. The molecule has 0 amide bonds. The van der Waals surface area contributed by atoms with E-state index in [1.165, 1.54) is 12.1 Å². The van der Waals surface area contributed by atoms with Crippen LogP contribution in [0.3, 0.4) is 0 Å². The van der Waals surface area contributed by atoms with Gasteiger partial charge < -0.3 is 19.9 Å². The summed E-state index contributed by atoms with van der Waals surface area (Å²) in [6.07, 6.45) is 1.77. The molecule has 0 unspecified atom stereocenters. The van der Waals surface area contributed by atoms with Crippen molar-refractivity contribution < 1.29 is 9.50 Å². The maximum atomic E-state index is 13.4. The second kappa shape index (κ2) is 7.93. The van der Waals surface area contributed by atoms with E-state index in [-0.39, 0.29) is 24.5 Å². The topological polar surface area (TPSA) is 53.3 Å². The van der Waals surface area contributed by atoms with Crippen LogP contribution in [0.4, 0.5) is 4.39 Å².